The average Bonchev–Trinajstić information content (AvgIpc) is 2.50. The van der Waals surface area contributed by atoms with E-state index in [0.29, 0.717) is 0 Å². The van der Waals surface area contributed by atoms with Crippen molar-refractivity contribution in [2.24, 2.45) is 5.92 Å². The second kappa shape index (κ2) is 5.77. The van der Waals surface area contributed by atoms with Crippen LogP contribution in [0.15, 0.2) is 54.6 Å². The minimum absolute atomic E-state index is 0.194. The molecule has 0 aliphatic heterocycles. The van der Waals surface area contributed by atoms with Gasteiger partial charge < -0.3 is 9.59 Å². The molecule has 0 fully saturated rings. The van der Waals surface area contributed by atoms with Gasteiger partial charge in [-0.3, -0.25) is 0 Å². The number of nitrogens with zero attached hydrogens (tertiary/aromatic N) is 1. The van der Waals surface area contributed by atoms with E-state index >= 15 is 0 Å². The molecule has 23 heavy (non-hydrogen) atoms. The molecule has 1 aliphatic rings. The number of fused-ring (bicyclic) bond motifs is 1. The third-order valence-corrected chi connectivity index (χ3v) is 5.37. The van der Waals surface area contributed by atoms with Gasteiger partial charge in [-0.2, -0.15) is 0 Å². The molecule has 2 aromatic carbocycles. The van der Waals surface area contributed by atoms with Gasteiger partial charge in [0.2, 0.25) is 0 Å². The summed E-state index contributed by atoms with van der Waals surface area (Å²) in [7, 11) is 6.69. The zero-order chi connectivity index (χ0) is 16.7. The third kappa shape index (κ3) is 2.93. The van der Waals surface area contributed by atoms with Gasteiger partial charge in [-0.05, 0) is 30.9 Å². The number of aryl methyl sites for hydroxylation is 1. The number of quaternary nitrogens is 1. The zero-order valence-corrected chi connectivity index (χ0v) is 14.7. The first-order valence-corrected chi connectivity index (χ1v) is 8.48. The van der Waals surface area contributed by atoms with Crippen LogP contribution in [-0.4, -0.2) is 30.7 Å². The maximum atomic E-state index is 11.5. The van der Waals surface area contributed by atoms with Crippen LogP contribution in [0.1, 0.15) is 36.1 Å². The number of hydrogen-bond donors (Lipinski definition) is 1. The van der Waals surface area contributed by atoms with Gasteiger partial charge in [0.15, 0.2) is 0 Å². The summed E-state index contributed by atoms with van der Waals surface area (Å²) < 4.78 is 0.812. The first kappa shape index (κ1) is 16.2. The van der Waals surface area contributed by atoms with E-state index in [0.717, 1.165) is 22.9 Å². The van der Waals surface area contributed by atoms with Gasteiger partial charge in [-0.15, -0.1) is 0 Å². The lowest BCUT2D eigenvalue weighted by molar-refractivity contribution is -0.908. The molecule has 2 heteroatoms. The Morgan fingerprint density at radius 2 is 1.61 bits per heavy atom. The van der Waals surface area contributed by atoms with Crippen LogP contribution in [0.25, 0.3) is 0 Å². The lowest BCUT2D eigenvalue weighted by Gasteiger charge is -2.47. The molecule has 0 saturated carbocycles. The van der Waals surface area contributed by atoms with Gasteiger partial charge >= 0.3 is 0 Å². The van der Waals surface area contributed by atoms with Gasteiger partial charge in [-0.1, -0.05) is 54.6 Å². The van der Waals surface area contributed by atoms with Crippen LogP contribution in [0.4, 0.5) is 0 Å². The highest BCUT2D eigenvalue weighted by molar-refractivity contribution is 5.36. The van der Waals surface area contributed by atoms with E-state index in [-0.39, 0.29) is 12.0 Å². The highest BCUT2D eigenvalue weighted by Crippen LogP contribution is 2.48. The average molecular weight is 310 g/mol. The molecular weight excluding hydrogens is 282 g/mol. The highest BCUT2D eigenvalue weighted by Gasteiger charge is 2.48. The SMILES string of the molecule is C[C@]1(O)c2ccccc2CC[C@H]1[C@H](c1ccccc1)[N+](C)(C)C. The van der Waals surface area contributed by atoms with Crippen molar-refractivity contribution in [2.75, 3.05) is 21.1 Å². The molecule has 0 heterocycles. The predicted molar refractivity (Wildman–Crippen MR) is 95.0 cm³/mol. The number of hydrogen-bond acceptors (Lipinski definition) is 1. The lowest BCUT2D eigenvalue weighted by Crippen LogP contribution is -2.50. The molecule has 3 atom stereocenters. The molecule has 0 aromatic heterocycles. The first-order chi connectivity index (χ1) is 10.8. The van der Waals surface area contributed by atoms with Crippen molar-refractivity contribution in [1.29, 1.82) is 0 Å². The van der Waals surface area contributed by atoms with Crippen molar-refractivity contribution in [3.8, 4) is 0 Å². The van der Waals surface area contributed by atoms with Crippen molar-refractivity contribution in [1.82, 2.24) is 0 Å². The van der Waals surface area contributed by atoms with Crippen LogP contribution in [-0.2, 0) is 12.0 Å². The summed E-state index contributed by atoms with van der Waals surface area (Å²) in [6, 6.07) is 19.3. The molecule has 0 saturated heterocycles. The normalized spacial score (nSPS) is 25.7. The van der Waals surface area contributed by atoms with Crippen molar-refractivity contribution < 1.29 is 9.59 Å². The number of rotatable bonds is 3. The molecule has 0 bridgehead atoms. The maximum absolute atomic E-state index is 11.5. The molecule has 3 rings (SSSR count). The fourth-order valence-corrected chi connectivity index (χ4v) is 4.36. The van der Waals surface area contributed by atoms with Crippen molar-refractivity contribution in [3.63, 3.8) is 0 Å². The van der Waals surface area contributed by atoms with Crippen molar-refractivity contribution in [3.05, 3.63) is 71.3 Å². The van der Waals surface area contributed by atoms with Crippen LogP contribution < -0.4 is 0 Å². The molecule has 0 unspecified atom stereocenters. The Morgan fingerprint density at radius 3 is 2.26 bits per heavy atom. The van der Waals surface area contributed by atoms with Crippen LogP contribution in [0.5, 0.6) is 0 Å². The third-order valence-electron chi connectivity index (χ3n) is 5.37. The smallest absolute Gasteiger partial charge is 0.120 e. The molecule has 1 N–H and O–H groups in total. The summed E-state index contributed by atoms with van der Waals surface area (Å²) in [6.45, 7) is 2.00. The van der Waals surface area contributed by atoms with E-state index in [1.807, 2.05) is 13.0 Å². The minimum atomic E-state index is -0.805. The van der Waals surface area contributed by atoms with E-state index in [1.54, 1.807) is 0 Å². The molecule has 0 spiro atoms. The van der Waals surface area contributed by atoms with E-state index in [2.05, 4.69) is 69.7 Å². The lowest BCUT2D eigenvalue weighted by atomic mass is 9.67. The van der Waals surface area contributed by atoms with E-state index in [4.69, 9.17) is 0 Å². The Balaban J connectivity index is 2.08. The van der Waals surface area contributed by atoms with Gasteiger partial charge in [0, 0.05) is 11.5 Å². The van der Waals surface area contributed by atoms with E-state index in [1.165, 1.54) is 11.1 Å². The Hall–Kier alpha value is -1.64. The molecule has 122 valence electrons. The second-order valence-electron chi connectivity index (χ2n) is 7.92. The predicted octanol–water partition coefficient (Wildman–Crippen LogP) is 3.90. The molecule has 0 radical (unpaired) electrons. The first-order valence-electron chi connectivity index (χ1n) is 8.48. The topological polar surface area (TPSA) is 20.2 Å². The van der Waals surface area contributed by atoms with E-state index in [9.17, 15) is 5.11 Å². The Bertz CT molecular complexity index is 670. The van der Waals surface area contributed by atoms with Gasteiger partial charge in [-0.25, -0.2) is 0 Å². The van der Waals surface area contributed by atoms with Crippen LogP contribution in [0.3, 0.4) is 0 Å². The highest BCUT2D eigenvalue weighted by atomic mass is 16.3. The summed E-state index contributed by atoms with van der Waals surface area (Å²) in [5.41, 5.74) is 2.90. The fraction of sp³-hybridized carbons (Fsp3) is 0.429. The van der Waals surface area contributed by atoms with Gasteiger partial charge in [0.05, 0.1) is 26.7 Å². The Labute approximate surface area is 140 Å². The monoisotopic (exact) mass is 310 g/mol. The fourth-order valence-electron chi connectivity index (χ4n) is 4.36. The minimum Gasteiger partial charge on any atom is -0.385 e. The van der Waals surface area contributed by atoms with Gasteiger partial charge in [0.1, 0.15) is 6.04 Å². The second-order valence-corrected chi connectivity index (χ2v) is 7.92. The molecular formula is C21H28NO+. The molecule has 2 aromatic rings. The summed E-state index contributed by atoms with van der Waals surface area (Å²) in [6.07, 6.45) is 2.05. The largest absolute Gasteiger partial charge is 0.385 e. The molecule has 0 amide bonds. The van der Waals surface area contributed by atoms with Crippen molar-refractivity contribution >= 4 is 0 Å². The standard InChI is InChI=1S/C21H28NO/c1-21(23)18-13-9-8-10-16(18)14-15-19(21)20(22(2,3)4)17-11-6-5-7-12-17/h5-13,19-20,23H,14-15H2,1-4H3/q+1/t19-,20-,21-/m0/s1. The molecule has 1 aliphatic carbocycles. The van der Waals surface area contributed by atoms with E-state index < -0.39 is 5.60 Å². The van der Waals surface area contributed by atoms with Crippen LogP contribution in [0, 0.1) is 5.92 Å². The number of benzene rings is 2. The van der Waals surface area contributed by atoms with Gasteiger partial charge in [0.25, 0.3) is 0 Å². The Morgan fingerprint density at radius 1 is 1.00 bits per heavy atom. The van der Waals surface area contributed by atoms with Crippen LogP contribution in [0.2, 0.25) is 0 Å². The van der Waals surface area contributed by atoms with Crippen LogP contribution >= 0.6 is 0 Å². The Kier molecular flexibility index (Phi) is 4.07. The maximum Gasteiger partial charge on any atom is 0.120 e. The summed E-state index contributed by atoms with van der Waals surface area (Å²) >= 11 is 0. The van der Waals surface area contributed by atoms with Crippen molar-refractivity contribution in [2.45, 2.75) is 31.4 Å². The summed E-state index contributed by atoms with van der Waals surface area (Å²) in [5, 5.41) is 11.5. The summed E-state index contributed by atoms with van der Waals surface area (Å²) in [5.74, 6) is 0.194. The molecule has 2 nitrogen and oxygen atoms in total. The zero-order valence-electron chi connectivity index (χ0n) is 14.7. The summed E-state index contributed by atoms with van der Waals surface area (Å²) in [4.78, 5) is 0. The quantitative estimate of drug-likeness (QED) is 0.852. The number of aliphatic hydroxyl groups is 1.